The summed E-state index contributed by atoms with van der Waals surface area (Å²) in [5, 5.41) is 9.14. The summed E-state index contributed by atoms with van der Waals surface area (Å²) in [5.74, 6) is 0.0244. The van der Waals surface area contributed by atoms with Crippen molar-refractivity contribution >= 4 is 28.5 Å². The standard InChI is InChI=1S/C11H12INO2/c1-7-9(3-2-4-10(7)12)11(15)13-5-8(14)6-13/h2-4,8,14H,5-6H2,1H3. The number of aliphatic hydroxyl groups excluding tert-OH is 1. The quantitative estimate of drug-likeness (QED) is 0.796. The predicted octanol–water partition coefficient (Wildman–Crippen LogP) is 1.42. The Kier molecular flexibility index (Phi) is 2.97. The van der Waals surface area contributed by atoms with Crippen molar-refractivity contribution in [3.8, 4) is 0 Å². The second kappa shape index (κ2) is 4.09. The zero-order chi connectivity index (χ0) is 11.0. The minimum atomic E-state index is -0.336. The summed E-state index contributed by atoms with van der Waals surface area (Å²) in [6.07, 6.45) is -0.336. The molecule has 0 unspecified atom stereocenters. The number of rotatable bonds is 1. The first-order valence-electron chi connectivity index (χ1n) is 4.82. The monoisotopic (exact) mass is 317 g/mol. The van der Waals surface area contributed by atoms with Crippen molar-refractivity contribution in [2.75, 3.05) is 13.1 Å². The van der Waals surface area contributed by atoms with E-state index >= 15 is 0 Å². The zero-order valence-corrected chi connectivity index (χ0v) is 10.6. The Labute approximate surface area is 102 Å². The zero-order valence-electron chi connectivity index (χ0n) is 8.40. The molecule has 3 nitrogen and oxygen atoms in total. The lowest BCUT2D eigenvalue weighted by Gasteiger charge is -2.36. The number of nitrogens with zero attached hydrogens (tertiary/aromatic N) is 1. The molecule has 80 valence electrons. The number of aliphatic hydroxyl groups is 1. The van der Waals surface area contributed by atoms with Crippen molar-refractivity contribution in [3.63, 3.8) is 0 Å². The molecular formula is C11H12INO2. The van der Waals surface area contributed by atoms with E-state index in [1.807, 2.05) is 25.1 Å². The molecule has 1 aliphatic heterocycles. The van der Waals surface area contributed by atoms with Gasteiger partial charge in [0, 0.05) is 22.2 Å². The molecular weight excluding hydrogens is 305 g/mol. The fraction of sp³-hybridized carbons (Fsp3) is 0.364. The van der Waals surface area contributed by atoms with Gasteiger partial charge in [0.1, 0.15) is 0 Å². The van der Waals surface area contributed by atoms with Crippen LogP contribution in [0.1, 0.15) is 15.9 Å². The number of hydrogen-bond acceptors (Lipinski definition) is 2. The molecule has 4 heteroatoms. The normalized spacial score (nSPS) is 16.3. The van der Waals surface area contributed by atoms with E-state index in [1.165, 1.54) is 0 Å². The van der Waals surface area contributed by atoms with E-state index in [-0.39, 0.29) is 12.0 Å². The summed E-state index contributed by atoms with van der Waals surface area (Å²) in [6, 6.07) is 5.71. The molecule has 2 rings (SSSR count). The number of hydrogen-bond donors (Lipinski definition) is 1. The van der Waals surface area contributed by atoms with E-state index in [2.05, 4.69) is 22.6 Å². The van der Waals surface area contributed by atoms with Gasteiger partial charge in [0.05, 0.1) is 6.10 Å². The maximum Gasteiger partial charge on any atom is 0.254 e. The number of amides is 1. The van der Waals surface area contributed by atoms with E-state index in [9.17, 15) is 4.79 Å². The van der Waals surface area contributed by atoms with Gasteiger partial charge in [-0.2, -0.15) is 0 Å². The Morgan fingerprint density at radius 3 is 2.80 bits per heavy atom. The topological polar surface area (TPSA) is 40.5 Å². The third kappa shape index (κ3) is 2.01. The van der Waals surface area contributed by atoms with Crippen LogP contribution in [-0.2, 0) is 0 Å². The van der Waals surface area contributed by atoms with Gasteiger partial charge in [0.25, 0.3) is 5.91 Å². The van der Waals surface area contributed by atoms with Gasteiger partial charge < -0.3 is 10.0 Å². The van der Waals surface area contributed by atoms with Crippen LogP contribution in [0.25, 0.3) is 0 Å². The van der Waals surface area contributed by atoms with Crippen LogP contribution in [0.4, 0.5) is 0 Å². The third-order valence-corrected chi connectivity index (χ3v) is 3.82. The fourth-order valence-electron chi connectivity index (χ4n) is 1.63. The minimum Gasteiger partial charge on any atom is -0.389 e. The first-order chi connectivity index (χ1) is 7.09. The lowest BCUT2D eigenvalue weighted by molar-refractivity contribution is 0.00583. The van der Waals surface area contributed by atoms with E-state index in [0.29, 0.717) is 13.1 Å². The molecule has 1 saturated heterocycles. The number of carbonyl (C=O) groups is 1. The van der Waals surface area contributed by atoms with Crippen molar-refractivity contribution in [1.29, 1.82) is 0 Å². The first kappa shape index (κ1) is 10.9. The summed E-state index contributed by atoms with van der Waals surface area (Å²) in [4.78, 5) is 13.6. The van der Waals surface area contributed by atoms with Crippen molar-refractivity contribution in [2.24, 2.45) is 0 Å². The Balaban J connectivity index is 2.22. The molecule has 1 N–H and O–H groups in total. The smallest absolute Gasteiger partial charge is 0.254 e. The third-order valence-electron chi connectivity index (χ3n) is 2.65. The summed E-state index contributed by atoms with van der Waals surface area (Å²) in [7, 11) is 0. The van der Waals surface area contributed by atoms with Crippen LogP contribution < -0.4 is 0 Å². The summed E-state index contributed by atoms with van der Waals surface area (Å²) >= 11 is 2.22. The first-order valence-corrected chi connectivity index (χ1v) is 5.90. The molecule has 1 aromatic carbocycles. The second-order valence-corrected chi connectivity index (χ2v) is 4.94. The molecule has 1 aromatic rings. The molecule has 0 aliphatic carbocycles. The van der Waals surface area contributed by atoms with E-state index < -0.39 is 0 Å². The Bertz CT molecular complexity index is 400. The lowest BCUT2D eigenvalue weighted by atomic mass is 10.0. The molecule has 15 heavy (non-hydrogen) atoms. The summed E-state index contributed by atoms with van der Waals surface area (Å²) in [5.41, 5.74) is 1.76. The van der Waals surface area contributed by atoms with Crippen LogP contribution >= 0.6 is 22.6 Å². The van der Waals surface area contributed by atoms with Crippen LogP contribution in [0.5, 0.6) is 0 Å². The molecule has 0 spiro atoms. The highest BCUT2D eigenvalue weighted by Gasteiger charge is 2.30. The number of carbonyl (C=O) groups excluding carboxylic acids is 1. The average Bonchev–Trinajstić information content (AvgIpc) is 2.16. The average molecular weight is 317 g/mol. The van der Waals surface area contributed by atoms with Crippen molar-refractivity contribution in [1.82, 2.24) is 4.90 Å². The minimum absolute atomic E-state index is 0.0244. The summed E-state index contributed by atoms with van der Waals surface area (Å²) < 4.78 is 1.10. The second-order valence-electron chi connectivity index (χ2n) is 3.78. The molecule has 1 aliphatic rings. The van der Waals surface area contributed by atoms with Gasteiger partial charge in [-0.25, -0.2) is 0 Å². The largest absolute Gasteiger partial charge is 0.389 e. The summed E-state index contributed by atoms with van der Waals surface area (Å²) in [6.45, 7) is 2.87. The van der Waals surface area contributed by atoms with Gasteiger partial charge in [-0.1, -0.05) is 6.07 Å². The maximum atomic E-state index is 12.0. The van der Waals surface area contributed by atoms with Crippen molar-refractivity contribution in [3.05, 3.63) is 32.9 Å². The van der Waals surface area contributed by atoms with Crippen molar-refractivity contribution < 1.29 is 9.90 Å². The van der Waals surface area contributed by atoms with Crippen LogP contribution in [0.15, 0.2) is 18.2 Å². The predicted molar refractivity (Wildman–Crippen MR) is 65.8 cm³/mol. The van der Waals surface area contributed by atoms with Crippen LogP contribution in [-0.4, -0.2) is 35.1 Å². The SMILES string of the molecule is Cc1c(I)cccc1C(=O)N1CC(O)C1. The highest BCUT2D eigenvalue weighted by atomic mass is 127. The highest BCUT2D eigenvalue weighted by molar-refractivity contribution is 14.1. The van der Waals surface area contributed by atoms with Gasteiger partial charge >= 0.3 is 0 Å². The van der Waals surface area contributed by atoms with Crippen molar-refractivity contribution in [2.45, 2.75) is 13.0 Å². The molecule has 0 bridgehead atoms. The number of β-amino-alcohol motifs (C(OH)–C–C–N with tert-alkyl or cyclic N) is 1. The van der Waals surface area contributed by atoms with Crippen LogP contribution in [0, 0.1) is 10.5 Å². The van der Waals surface area contributed by atoms with Crippen LogP contribution in [0.2, 0.25) is 0 Å². The number of halogens is 1. The Morgan fingerprint density at radius 2 is 2.20 bits per heavy atom. The number of likely N-dealkylation sites (tertiary alicyclic amines) is 1. The van der Waals surface area contributed by atoms with E-state index in [4.69, 9.17) is 5.11 Å². The molecule has 0 saturated carbocycles. The van der Waals surface area contributed by atoms with Gasteiger partial charge in [-0.15, -0.1) is 0 Å². The Hall–Kier alpha value is -0.620. The maximum absolute atomic E-state index is 12.0. The molecule has 1 fully saturated rings. The lowest BCUT2D eigenvalue weighted by Crippen LogP contribution is -2.53. The molecule has 0 atom stereocenters. The number of benzene rings is 1. The highest BCUT2D eigenvalue weighted by Crippen LogP contribution is 2.19. The van der Waals surface area contributed by atoms with E-state index in [0.717, 1.165) is 14.7 Å². The Morgan fingerprint density at radius 1 is 1.53 bits per heavy atom. The van der Waals surface area contributed by atoms with Gasteiger partial charge in [0.2, 0.25) is 0 Å². The molecule has 1 heterocycles. The molecule has 0 radical (unpaired) electrons. The van der Waals surface area contributed by atoms with Crippen LogP contribution in [0.3, 0.4) is 0 Å². The van der Waals surface area contributed by atoms with E-state index in [1.54, 1.807) is 4.90 Å². The molecule has 1 amide bonds. The van der Waals surface area contributed by atoms with Gasteiger partial charge in [-0.05, 0) is 47.2 Å². The fourth-order valence-corrected chi connectivity index (χ4v) is 2.13. The van der Waals surface area contributed by atoms with Gasteiger partial charge in [0.15, 0.2) is 0 Å². The van der Waals surface area contributed by atoms with Gasteiger partial charge in [-0.3, -0.25) is 4.79 Å². The molecule has 0 aromatic heterocycles.